The lowest BCUT2D eigenvalue weighted by Gasteiger charge is -2.31. The van der Waals surface area contributed by atoms with Gasteiger partial charge in [0.25, 0.3) is 11.5 Å². The minimum Gasteiger partial charge on any atom is -0.460 e. The zero-order valence-corrected chi connectivity index (χ0v) is 27.1. The van der Waals surface area contributed by atoms with Gasteiger partial charge in [-0.15, -0.1) is 0 Å². The van der Waals surface area contributed by atoms with E-state index < -0.39 is 5.97 Å². The van der Waals surface area contributed by atoms with Crippen LogP contribution in [0.1, 0.15) is 65.1 Å². The number of aryl methyl sites for hydroxylation is 2. The van der Waals surface area contributed by atoms with Crippen molar-refractivity contribution in [2.24, 2.45) is 7.05 Å². The van der Waals surface area contributed by atoms with Crippen molar-refractivity contribution in [3.8, 4) is 0 Å². The third kappa shape index (κ3) is 6.62. The highest BCUT2D eigenvalue weighted by Crippen LogP contribution is 2.31. The number of hydrogen-bond acceptors (Lipinski definition) is 7. The lowest BCUT2D eigenvalue weighted by atomic mass is 9.98. The van der Waals surface area contributed by atoms with Crippen LogP contribution < -0.4 is 15.8 Å². The first-order valence-electron chi connectivity index (χ1n) is 16.1. The zero-order valence-electron chi connectivity index (χ0n) is 27.1. The number of anilines is 3. The van der Waals surface area contributed by atoms with E-state index in [9.17, 15) is 14.4 Å². The van der Waals surface area contributed by atoms with Crippen molar-refractivity contribution in [1.29, 1.82) is 0 Å². The number of nitrogens with zero attached hydrogens (tertiary/aromatic N) is 5. The van der Waals surface area contributed by atoms with Gasteiger partial charge in [-0.2, -0.15) is 0 Å². The zero-order chi connectivity index (χ0) is 32.4. The van der Waals surface area contributed by atoms with Gasteiger partial charge in [0.1, 0.15) is 23.8 Å². The number of carbonyl (C=O) groups excluding carboxylic acids is 2. The third-order valence-corrected chi connectivity index (χ3v) is 9.08. The highest BCUT2D eigenvalue weighted by Gasteiger charge is 2.31. The van der Waals surface area contributed by atoms with E-state index in [1.807, 2.05) is 36.4 Å². The molecular weight excluding hydrogens is 580 g/mol. The second-order valence-corrected chi connectivity index (χ2v) is 12.6. The predicted molar refractivity (Wildman–Crippen MR) is 178 cm³/mol. The molecule has 1 aliphatic heterocycles. The first kappa shape index (κ1) is 31.3. The summed E-state index contributed by atoms with van der Waals surface area (Å²) in [5, 5.41) is 3.11. The number of carbonyl (C=O) groups is 2. The Kier molecular flexibility index (Phi) is 9.08. The number of esters is 1. The monoisotopic (exact) mass is 622 g/mol. The Bertz CT molecular complexity index is 1810. The van der Waals surface area contributed by atoms with Crippen LogP contribution in [-0.2, 0) is 55.5 Å². The van der Waals surface area contributed by atoms with Gasteiger partial charge in [0.2, 0.25) is 0 Å². The van der Waals surface area contributed by atoms with Crippen LogP contribution in [0.4, 0.5) is 17.2 Å². The van der Waals surface area contributed by atoms with E-state index in [1.165, 1.54) is 28.7 Å². The van der Waals surface area contributed by atoms with Crippen LogP contribution >= 0.6 is 0 Å². The van der Waals surface area contributed by atoms with Crippen LogP contribution in [0.5, 0.6) is 0 Å². The molecule has 1 aromatic carbocycles. The van der Waals surface area contributed by atoms with Crippen molar-refractivity contribution >= 4 is 29.1 Å². The molecule has 0 radical (unpaired) electrons. The smallest absolute Gasteiger partial charge is 0.310 e. The minimum absolute atomic E-state index is 0.0133. The van der Waals surface area contributed by atoms with Crippen LogP contribution in [-0.4, -0.2) is 50.5 Å². The van der Waals surface area contributed by atoms with Crippen LogP contribution in [0.15, 0.2) is 65.7 Å². The summed E-state index contributed by atoms with van der Waals surface area (Å²) in [7, 11) is 3.72. The van der Waals surface area contributed by atoms with E-state index >= 15 is 0 Å². The molecule has 46 heavy (non-hydrogen) atoms. The van der Waals surface area contributed by atoms with E-state index in [4.69, 9.17) is 4.74 Å². The maximum Gasteiger partial charge on any atom is 0.310 e. The number of nitrogens with one attached hydrogen (secondary N) is 1. The van der Waals surface area contributed by atoms with Gasteiger partial charge in [0.15, 0.2) is 0 Å². The van der Waals surface area contributed by atoms with Gasteiger partial charge in [0, 0.05) is 56.4 Å². The maximum atomic E-state index is 13.6. The number of hydrogen-bond donors (Lipinski definition) is 1. The Morgan fingerprint density at radius 2 is 1.85 bits per heavy atom. The van der Waals surface area contributed by atoms with Gasteiger partial charge < -0.3 is 24.1 Å². The summed E-state index contributed by atoms with van der Waals surface area (Å²) >= 11 is 0. The molecule has 4 aromatic rings. The molecule has 1 N–H and O–H groups in total. The fraction of sp³-hybridized carbons (Fsp3) is 0.389. The normalized spacial score (nSPS) is 14.4. The van der Waals surface area contributed by atoms with Crippen molar-refractivity contribution in [1.82, 2.24) is 19.0 Å². The molecule has 1 amide bonds. The minimum atomic E-state index is -0.428. The molecule has 0 atom stereocenters. The number of aromatic nitrogens is 3. The van der Waals surface area contributed by atoms with E-state index in [0.717, 1.165) is 48.4 Å². The summed E-state index contributed by atoms with van der Waals surface area (Å²) in [6, 6.07) is 15.6. The van der Waals surface area contributed by atoms with Gasteiger partial charge in [-0.05, 0) is 87.5 Å². The third-order valence-electron chi connectivity index (χ3n) is 9.08. The van der Waals surface area contributed by atoms with E-state index in [0.29, 0.717) is 29.7 Å². The number of ether oxygens (including phenoxy) is 1. The van der Waals surface area contributed by atoms with Crippen molar-refractivity contribution < 1.29 is 14.3 Å². The lowest BCUT2D eigenvalue weighted by Crippen LogP contribution is -2.41. The molecule has 2 aliphatic rings. The predicted octanol–water partition coefficient (Wildman–Crippen LogP) is 4.99. The number of benzene rings is 1. The number of amides is 1. The van der Waals surface area contributed by atoms with Gasteiger partial charge in [-0.3, -0.25) is 19.3 Å². The molecule has 0 fully saturated rings. The largest absolute Gasteiger partial charge is 0.460 e. The van der Waals surface area contributed by atoms with Crippen molar-refractivity contribution in [3.05, 3.63) is 105 Å². The van der Waals surface area contributed by atoms with Gasteiger partial charge in [-0.1, -0.05) is 24.3 Å². The fourth-order valence-corrected chi connectivity index (χ4v) is 6.31. The van der Waals surface area contributed by atoms with Crippen molar-refractivity contribution in [2.75, 3.05) is 23.8 Å². The van der Waals surface area contributed by atoms with E-state index in [1.54, 1.807) is 30.4 Å². The quantitative estimate of drug-likeness (QED) is 0.249. The van der Waals surface area contributed by atoms with Gasteiger partial charge >= 0.3 is 5.97 Å². The molecule has 0 bridgehead atoms. The second kappa shape index (κ2) is 13.3. The molecule has 0 spiro atoms. The number of fused-ring (bicyclic) bond motifs is 3. The summed E-state index contributed by atoms with van der Waals surface area (Å²) < 4.78 is 9.36. The standard InChI is InChI=1S/C36H42N6O4/c1-24(2)39(3)21-25-13-14-33(37-20-25)38-29-17-26(22-40(4)35(29)44)18-34(43)46-23-28-10-6-8-12-31(28)42-16-15-41-30-11-7-5-9-27(30)19-32(41)36(42)45/h6,8,10,12-14,17,19-20,22,24H,5,7,9,11,15-16,18,21,23H2,1-4H3,(H,37,38). The van der Waals surface area contributed by atoms with Crippen molar-refractivity contribution in [2.45, 2.75) is 71.7 Å². The molecule has 10 nitrogen and oxygen atoms in total. The van der Waals surface area contributed by atoms with Crippen LogP contribution in [0, 0.1) is 0 Å². The van der Waals surface area contributed by atoms with Crippen molar-refractivity contribution in [3.63, 3.8) is 0 Å². The fourth-order valence-electron chi connectivity index (χ4n) is 6.31. The molecule has 1 aliphatic carbocycles. The SMILES string of the molecule is CC(C)N(C)Cc1ccc(Nc2cc(CC(=O)OCc3ccccc3N3CCn4c(cc5c4CCCC5)C3=O)cn(C)c2=O)nc1. The molecule has 240 valence electrons. The lowest BCUT2D eigenvalue weighted by molar-refractivity contribution is -0.144. The first-order valence-corrected chi connectivity index (χ1v) is 16.1. The summed E-state index contributed by atoms with van der Waals surface area (Å²) in [6.07, 6.45) is 7.82. The molecule has 3 aromatic heterocycles. The Morgan fingerprint density at radius 3 is 2.63 bits per heavy atom. The number of rotatable bonds is 10. The summed E-state index contributed by atoms with van der Waals surface area (Å²) in [5.41, 5.74) is 6.69. The van der Waals surface area contributed by atoms with Gasteiger partial charge in [-0.25, -0.2) is 4.98 Å². The Hall–Kier alpha value is -4.70. The van der Waals surface area contributed by atoms with Gasteiger partial charge in [0.05, 0.1) is 12.1 Å². The highest BCUT2D eigenvalue weighted by molar-refractivity contribution is 6.06. The molecular formula is C36H42N6O4. The maximum absolute atomic E-state index is 13.6. The summed E-state index contributed by atoms with van der Waals surface area (Å²) in [4.78, 5) is 48.0. The number of pyridine rings is 2. The summed E-state index contributed by atoms with van der Waals surface area (Å²) in [6.45, 7) is 6.42. The Balaban J connectivity index is 1.11. The average Bonchev–Trinajstić information content (AvgIpc) is 3.43. The Morgan fingerprint density at radius 1 is 1.04 bits per heavy atom. The van der Waals surface area contributed by atoms with Crippen LogP contribution in [0.2, 0.25) is 0 Å². The van der Waals surface area contributed by atoms with E-state index in [-0.39, 0.29) is 24.5 Å². The average molecular weight is 623 g/mol. The second-order valence-electron chi connectivity index (χ2n) is 12.6. The van der Waals surface area contributed by atoms with E-state index in [2.05, 4.69) is 46.7 Å². The molecule has 0 saturated carbocycles. The molecule has 4 heterocycles. The first-order chi connectivity index (χ1) is 22.2. The Labute approximate surface area is 269 Å². The molecule has 0 saturated heterocycles. The molecule has 10 heteroatoms. The highest BCUT2D eigenvalue weighted by atomic mass is 16.5. The van der Waals surface area contributed by atoms with Crippen LogP contribution in [0.25, 0.3) is 0 Å². The molecule has 0 unspecified atom stereocenters. The summed E-state index contributed by atoms with van der Waals surface area (Å²) in [5.74, 6) is 0.100. The van der Waals surface area contributed by atoms with Crippen LogP contribution in [0.3, 0.4) is 0 Å². The number of para-hydroxylation sites is 1. The molecule has 6 rings (SSSR count). The topological polar surface area (TPSA) is 102 Å².